The maximum absolute atomic E-state index is 5.87. The van der Waals surface area contributed by atoms with Crippen LogP contribution in [0.3, 0.4) is 0 Å². The van der Waals surface area contributed by atoms with E-state index in [9.17, 15) is 0 Å². The molecule has 8 heteroatoms. The van der Waals surface area contributed by atoms with Crippen molar-refractivity contribution >= 4 is 22.1 Å². The molecule has 0 fully saturated rings. The van der Waals surface area contributed by atoms with E-state index >= 15 is 0 Å². The zero-order chi connectivity index (χ0) is 27.9. The molecular formula is C32H36N6O2. The molecule has 206 valence electrons. The Morgan fingerprint density at radius 2 is 1.02 bits per heavy atom. The highest BCUT2D eigenvalue weighted by atomic mass is 16.5. The topological polar surface area (TPSA) is 82.3 Å². The third-order valence-corrected chi connectivity index (χ3v) is 6.31. The van der Waals surface area contributed by atoms with Gasteiger partial charge < -0.3 is 29.2 Å². The number of nitrogens with zero attached hydrogens (tertiary/aromatic N) is 4. The second-order valence-electron chi connectivity index (χ2n) is 10.2. The summed E-state index contributed by atoms with van der Waals surface area (Å²) in [6.07, 6.45) is 8.26. The molecule has 8 nitrogen and oxygen atoms in total. The van der Waals surface area contributed by atoms with Crippen LogP contribution in [0.1, 0.15) is 0 Å². The number of fused-ring (bicyclic) bond motifs is 2. The van der Waals surface area contributed by atoms with Crippen molar-refractivity contribution in [3.8, 4) is 34.3 Å². The molecule has 2 heterocycles. The quantitative estimate of drug-likeness (QED) is 0.197. The van der Waals surface area contributed by atoms with Crippen molar-refractivity contribution in [2.45, 2.75) is 0 Å². The molecule has 2 N–H and O–H groups in total. The molecule has 0 atom stereocenters. The molecule has 0 aliphatic carbocycles. The predicted octanol–water partition coefficient (Wildman–Crippen LogP) is 5.77. The molecule has 5 rings (SSSR count). The summed E-state index contributed by atoms with van der Waals surface area (Å²) in [6.45, 7) is 2.86. The molecule has 0 bridgehead atoms. The summed E-state index contributed by atoms with van der Waals surface area (Å²) in [5.41, 5.74) is 5.69. The van der Waals surface area contributed by atoms with E-state index in [0.717, 1.165) is 69.4 Å². The van der Waals surface area contributed by atoms with Gasteiger partial charge >= 0.3 is 0 Å². The van der Waals surface area contributed by atoms with Gasteiger partial charge in [0.05, 0.1) is 22.1 Å². The van der Waals surface area contributed by atoms with Gasteiger partial charge in [-0.15, -0.1) is 0 Å². The lowest BCUT2D eigenvalue weighted by molar-refractivity contribution is 0.361. The second kappa shape index (κ2) is 12.6. The van der Waals surface area contributed by atoms with Crippen LogP contribution in [0, 0.1) is 0 Å². The van der Waals surface area contributed by atoms with Crippen LogP contribution in [0.25, 0.3) is 44.8 Å². The third-order valence-electron chi connectivity index (χ3n) is 6.31. The molecule has 0 saturated heterocycles. The van der Waals surface area contributed by atoms with Crippen molar-refractivity contribution in [3.63, 3.8) is 0 Å². The standard InChI is InChI=1S/C32H36N6O2/c1-37(2)17-5-7-19-39-25-13-15-27-29(21-25)35-31(33-27)23-9-11-24(12-10-23)32-34-28-16-14-26(22-30(28)36-32)40-20-8-6-18-38(3)4/h5-16,21-22H,17-20H2,1-4H3,(H,33,35)(H,34,36)/b7-5+,8-6+. The van der Waals surface area contributed by atoms with Crippen LogP contribution in [0.15, 0.2) is 85.0 Å². The molecular weight excluding hydrogens is 500 g/mol. The molecule has 0 spiro atoms. The first kappa shape index (κ1) is 27.2. The monoisotopic (exact) mass is 536 g/mol. The highest BCUT2D eigenvalue weighted by Gasteiger charge is 2.10. The van der Waals surface area contributed by atoms with E-state index in [-0.39, 0.29) is 0 Å². The fourth-order valence-electron chi connectivity index (χ4n) is 4.21. The molecule has 0 unspecified atom stereocenters. The fourth-order valence-corrected chi connectivity index (χ4v) is 4.21. The van der Waals surface area contributed by atoms with E-state index in [1.54, 1.807) is 0 Å². The summed E-state index contributed by atoms with van der Waals surface area (Å²) in [6, 6.07) is 20.1. The first-order valence-corrected chi connectivity index (χ1v) is 13.4. The summed E-state index contributed by atoms with van der Waals surface area (Å²) >= 11 is 0. The Bertz CT molecular complexity index is 1490. The minimum atomic E-state index is 0.534. The van der Waals surface area contributed by atoms with E-state index in [4.69, 9.17) is 19.4 Å². The number of H-pyrrole nitrogens is 2. The van der Waals surface area contributed by atoms with Crippen molar-refractivity contribution in [2.75, 3.05) is 54.5 Å². The number of hydrogen-bond acceptors (Lipinski definition) is 6. The van der Waals surface area contributed by atoms with E-state index in [1.807, 2.05) is 76.7 Å². The summed E-state index contributed by atoms with van der Waals surface area (Å²) < 4.78 is 11.7. The Hall–Kier alpha value is -4.40. The van der Waals surface area contributed by atoms with E-state index in [1.165, 1.54) is 0 Å². The van der Waals surface area contributed by atoms with Gasteiger partial charge in [-0.1, -0.05) is 48.6 Å². The molecule has 3 aromatic carbocycles. The smallest absolute Gasteiger partial charge is 0.138 e. The lowest BCUT2D eigenvalue weighted by Gasteiger charge is -2.05. The highest BCUT2D eigenvalue weighted by molar-refractivity contribution is 5.82. The summed E-state index contributed by atoms with van der Waals surface area (Å²) in [5, 5.41) is 0. The average molecular weight is 537 g/mol. The number of imidazole rings is 2. The number of aromatic amines is 2. The zero-order valence-corrected chi connectivity index (χ0v) is 23.5. The van der Waals surface area contributed by atoms with Crippen LogP contribution < -0.4 is 9.47 Å². The van der Waals surface area contributed by atoms with Crippen molar-refractivity contribution in [1.82, 2.24) is 29.7 Å². The van der Waals surface area contributed by atoms with Crippen molar-refractivity contribution in [3.05, 3.63) is 85.0 Å². The second-order valence-corrected chi connectivity index (χ2v) is 10.2. The fraction of sp³-hybridized carbons (Fsp3) is 0.250. The number of rotatable bonds is 12. The van der Waals surface area contributed by atoms with Crippen LogP contribution in [-0.2, 0) is 0 Å². The normalized spacial score (nSPS) is 12.2. The number of likely N-dealkylation sites (N-methyl/N-ethyl adjacent to an activating group) is 2. The first-order chi connectivity index (χ1) is 19.4. The van der Waals surface area contributed by atoms with Gasteiger partial charge in [-0.3, -0.25) is 0 Å². The number of benzene rings is 3. The molecule has 5 aromatic rings. The number of ether oxygens (including phenoxy) is 2. The number of aromatic nitrogens is 4. The average Bonchev–Trinajstić information content (AvgIpc) is 3.56. The van der Waals surface area contributed by atoms with Gasteiger partial charge in [0.1, 0.15) is 36.4 Å². The maximum atomic E-state index is 5.87. The third kappa shape index (κ3) is 6.97. The number of nitrogens with one attached hydrogen (secondary N) is 2. The van der Waals surface area contributed by atoms with Crippen LogP contribution >= 0.6 is 0 Å². The first-order valence-electron chi connectivity index (χ1n) is 13.4. The molecule has 40 heavy (non-hydrogen) atoms. The van der Waals surface area contributed by atoms with E-state index < -0.39 is 0 Å². The maximum Gasteiger partial charge on any atom is 0.138 e. The van der Waals surface area contributed by atoms with Gasteiger partial charge in [-0.25, -0.2) is 9.97 Å². The Morgan fingerprint density at radius 1 is 0.600 bits per heavy atom. The van der Waals surface area contributed by atoms with Gasteiger partial charge in [0.15, 0.2) is 0 Å². The zero-order valence-electron chi connectivity index (χ0n) is 23.5. The minimum absolute atomic E-state index is 0.534. The largest absolute Gasteiger partial charge is 0.489 e. The van der Waals surface area contributed by atoms with Crippen molar-refractivity contribution in [1.29, 1.82) is 0 Å². The van der Waals surface area contributed by atoms with Crippen LogP contribution in [0.2, 0.25) is 0 Å². The lowest BCUT2D eigenvalue weighted by Crippen LogP contribution is -2.10. The Kier molecular flexibility index (Phi) is 8.59. The minimum Gasteiger partial charge on any atom is -0.489 e. The Balaban J connectivity index is 1.24. The molecule has 0 radical (unpaired) electrons. The van der Waals surface area contributed by atoms with Gasteiger partial charge in [0.2, 0.25) is 0 Å². The SMILES string of the molecule is CN(C)C/C=C/COc1ccc2nc(-c3ccc(-c4nc5ccc(OC/C=C/CN(C)C)cc5[nH]4)cc3)[nH]c2c1. The molecule has 0 saturated carbocycles. The predicted molar refractivity (Wildman–Crippen MR) is 163 cm³/mol. The molecule has 0 amide bonds. The summed E-state index contributed by atoms with van der Waals surface area (Å²) in [7, 11) is 8.17. The molecule has 0 aliphatic heterocycles. The Morgan fingerprint density at radius 3 is 1.43 bits per heavy atom. The van der Waals surface area contributed by atoms with Gasteiger partial charge in [0, 0.05) is 36.3 Å². The van der Waals surface area contributed by atoms with Gasteiger partial charge in [-0.05, 0) is 52.5 Å². The van der Waals surface area contributed by atoms with Gasteiger partial charge in [-0.2, -0.15) is 0 Å². The van der Waals surface area contributed by atoms with Crippen molar-refractivity contribution < 1.29 is 9.47 Å². The van der Waals surface area contributed by atoms with Gasteiger partial charge in [0.25, 0.3) is 0 Å². The number of hydrogen-bond donors (Lipinski definition) is 2. The highest BCUT2D eigenvalue weighted by Crippen LogP contribution is 2.28. The lowest BCUT2D eigenvalue weighted by atomic mass is 10.1. The van der Waals surface area contributed by atoms with Crippen molar-refractivity contribution in [2.24, 2.45) is 0 Å². The van der Waals surface area contributed by atoms with Crippen LogP contribution in [0.5, 0.6) is 11.5 Å². The van der Waals surface area contributed by atoms with E-state index in [0.29, 0.717) is 13.2 Å². The Labute approximate surface area is 235 Å². The van der Waals surface area contributed by atoms with Crippen LogP contribution in [-0.4, -0.2) is 84.2 Å². The molecule has 0 aliphatic rings. The van der Waals surface area contributed by atoms with E-state index in [2.05, 4.69) is 56.2 Å². The van der Waals surface area contributed by atoms with Crippen LogP contribution in [0.4, 0.5) is 0 Å². The summed E-state index contributed by atoms with van der Waals surface area (Å²) in [4.78, 5) is 20.6. The molecule has 2 aromatic heterocycles. The summed E-state index contributed by atoms with van der Waals surface area (Å²) in [5.74, 6) is 3.25.